The fraction of sp³-hybridized carbons (Fsp3) is 0.565. The van der Waals surface area contributed by atoms with Crippen LogP contribution in [0.4, 0.5) is 0 Å². The van der Waals surface area contributed by atoms with Gasteiger partial charge >= 0.3 is 0 Å². The molecule has 5 fully saturated rings. The normalized spacial score (nSPS) is 39.9. The standard InChI is InChI=1S/C23H26N2O3S/c26-19-17-12-29-22(16-4-2-1-3-5-16)25(17)21(28)18(19)20(27)24-23-9-13-6-14(10-23)8-15(7-13)11-23/h1-5,13-15,17,22,26H,6-12H2,(H,24,27)/t13?,14?,15?,17?,22-,23?/m0/s1. The van der Waals surface area contributed by atoms with E-state index in [9.17, 15) is 14.7 Å². The quantitative estimate of drug-likeness (QED) is 0.748. The second kappa shape index (κ2) is 6.27. The van der Waals surface area contributed by atoms with Gasteiger partial charge in [0.15, 0.2) is 0 Å². The third-order valence-corrected chi connectivity index (χ3v) is 9.07. The van der Waals surface area contributed by atoms with Crippen LogP contribution in [0.15, 0.2) is 41.7 Å². The zero-order valence-corrected chi connectivity index (χ0v) is 17.2. The van der Waals surface area contributed by atoms with Gasteiger partial charge in [-0.05, 0) is 61.8 Å². The lowest BCUT2D eigenvalue weighted by molar-refractivity contribution is -0.131. The van der Waals surface area contributed by atoms with Gasteiger partial charge in [-0.1, -0.05) is 30.3 Å². The maximum atomic E-state index is 13.2. The molecular weight excluding hydrogens is 384 g/mol. The van der Waals surface area contributed by atoms with Crippen molar-refractivity contribution in [3.63, 3.8) is 0 Å². The number of nitrogens with zero attached hydrogens (tertiary/aromatic N) is 1. The Balaban J connectivity index is 1.25. The molecule has 29 heavy (non-hydrogen) atoms. The van der Waals surface area contributed by atoms with E-state index in [0.29, 0.717) is 23.5 Å². The minimum atomic E-state index is -0.394. The number of hydrogen-bond donors (Lipinski definition) is 2. The highest BCUT2D eigenvalue weighted by Crippen LogP contribution is 2.56. The largest absolute Gasteiger partial charge is 0.509 e. The van der Waals surface area contributed by atoms with Gasteiger partial charge in [-0.25, -0.2) is 0 Å². The number of hydrogen-bond acceptors (Lipinski definition) is 4. The molecule has 2 heterocycles. The molecule has 152 valence electrons. The Morgan fingerprint density at radius 1 is 1.07 bits per heavy atom. The first kappa shape index (κ1) is 17.9. The topological polar surface area (TPSA) is 69.6 Å². The molecule has 4 saturated carbocycles. The highest BCUT2D eigenvalue weighted by atomic mass is 32.2. The summed E-state index contributed by atoms with van der Waals surface area (Å²) in [6.07, 6.45) is 6.99. The number of amides is 2. The summed E-state index contributed by atoms with van der Waals surface area (Å²) in [5, 5.41) is 13.9. The van der Waals surface area contributed by atoms with E-state index in [0.717, 1.165) is 24.8 Å². The fourth-order valence-electron chi connectivity index (χ4n) is 7.03. The lowest BCUT2D eigenvalue weighted by Crippen LogP contribution is -2.60. The van der Waals surface area contributed by atoms with E-state index in [1.165, 1.54) is 19.3 Å². The van der Waals surface area contributed by atoms with E-state index in [4.69, 9.17) is 0 Å². The monoisotopic (exact) mass is 410 g/mol. The Labute approximate surface area is 174 Å². The Morgan fingerprint density at radius 3 is 2.31 bits per heavy atom. The maximum Gasteiger partial charge on any atom is 0.264 e. The van der Waals surface area contributed by atoms with Crippen molar-refractivity contribution < 1.29 is 14.7 Å². The minimum absolute atomic E-state index is 0.0213. The molecule has 5 nitrogen and oxygen atoms in total. The van der Waals surface area contributed by atoms with Gasteiger partial charge in [0.2, 0.25) is 0 Å². The van der Waals surface area contributed by atoms with Gasteiger partial charge in [-0.2, -0.15) is 0 Å². The highest BCUT2D eigenvalue weighted by molar-refractivity contribution is 7.99. The van der Waals surface area contributed by atoms with Crippen LogP contribution in [-0.4, -0.2) is 39.2 Å². The summed E-state index contributed by atoms with van der Waals surface area (Å²) >= 11 is 1.64. The van der Waals surface area contributed by atoms with Crippen LogP contribution in [0, 0.1) is 17.8 Å². The molecule has 1 saturated heterocycles. The molecular formula is C23H26N2O3S. The summed E-state index contributed by atoms with van der Waals surface area (Å²) in [6.45, 7) is 0. The fourth-order valence-corrected chi connectivity index (χ4v) is 8.46. The molecule has 2 amide bonds. The molecule has 2 N–H and O–H groups in total. The van der Waals surface area contributed by atoms with E-state index >= 15 is 0 Å². The van der Waals surface area contributed by atoms with Gasteiger partial charge in [-0.3, -0.25) is 9.59 Å². The number of carbonyl (C=O) groups is 2. The molecule has 4 bridgehead atoms. The molecule has 7 rings (SSSR count). The summed E-state index contributed by atoms with van der Waals surface area (Å²) in [4.78, 5) is 28.2. The van der Waals surface area contributed by atoms with Gasteiger partial charge in [0.25, 0.3) is 11.8 Å². The number of aliphatic hydroxyl groups excluding tert-OH is 1. The summed E-state index contributed by atoms with van der Waals surface area (Å²) in [7, 11) is 0. The van der Waals surface area contributed by atoms with Crippen LogP contribution in [0.25, 0.3) is 0 Å². The molecule has 6 heteroatoms. The number of benzene rings is 1. The molecule has 1 unspecified atom stereocenters. The molecule has 1 aromatic carbocycles. The Hall–Kier alpha value is -1.95. The maximum absolute atomic E-state index is 13.2. The van der Waals surface area contributed by atoms with Crippen LogP contribution in [0.2, 0.25) is 0 Å². The van der Waals surface area contributed by atoms with Crippen LogP contribution >= 0.6 is 11.8 Å². The first-order valence-electron chi connectivity index (χ1n) is 10.8. The second-order valence-electron chi connectivity index (χ2n) is 9.74. The number of fused-ring (bicyclic) bond motifs is 1. The van der Waals surface area contributed by atoms with E-state index in [1.807, 2.05) is 30.3 Å². The zero-order chi connectivity index (χ0) is 19.8. The Bertz CT molecular complexity index is 877. The average Bonchev–Trinajstić information content (AvgIpc) is 3.21. The van der Waals surface area contributed by atoms with Crippen LogP contribution in [0.1, 0.15) is 49.5 Å². The van der Waals surface area contributed by atoms with Gasteiger partial charge in [-0.15, -0.1) is 11.8 Å². The van der Waals surface area contributed by atoms with Gasteiger partial charge in [0.1, 0.15) is 22.7 Å². The highest BCUT2D eigenvalue weighted by Gasteiger charge is 2.54. The van der Waals surface area contributed by atoms with Crippen LogP contribution in [0.5, 0.6) is 0 Å². The van der Waals surface area contributed by atoms with Crippen molar-refractivity contribution in [2.45, 2.75) is 55.5 Å². The molecule has 0 aromatic heterocycles. The van der Waals surface area contributed by atoms with Crippen molar-refractivity contribution in [2.75, 3.05) is 5.75 Å². The third kappa shape index (κ3) is 2.68. The van der Waals surface area contributed by atoms with Crippen molar-refractivity contribution in [3.05, 3.63) is 47.2 Å². The van der Waals surface area contributed by atoms with E-state index in [2.05, 4.69) is 5.32 Å². The molecule has 0 spiro atoms. The van der Waals surface area contributed by atoms with Crippen molar-refractivity contribution in [1.82, 2.24) is 10.2 Å². The molecule has 6 aliphatic rings. The molecule has 1 aromatic rings. The lowest BCUT2D eigenvalue weighted by atomic mass is 9.53. The van der Waals surface area contributed by atoms with E-state index in [-0.39, 0.29) is 34.1 Å². The van der Waals surface area contributed by atoms with Gasteiger partial charge in [0, 0.05) is 11.3 Å². The second-order valence-corrected chi connectivity index (χ2v) is 10.9. The van der Waals surface area contributed by atoms with Crippen LogP contribution in [-0.2, 0) is 9.59 Å². The summed E-state index contributed by atoms with van der Waals surface area (Å²) in [6, 6.07) is 9.47. The number of aliphatic hydroxyl groups is 1. The Morgan fingerprint density at radius 2 is 1.69 bits per heavy atom. The molecule has 0 radical (unpaired) electrons. The van der Waals surface area contributed by atoms with Crippen molar-refractivity contribution >= 4 is 23.6 Å². The number of nitrogens with one attached hydrogen (secondary N) is 1. The third-order valence-electron chi connectivity index (χ3n) is 7.75. The SMILES string of the molecule is O=C(NC12CC3CC(CC(C3)C1)C2)C1=C(O)C2CS[C@@H](c3ccccc3)N2C1=O. The predicted molar refractivity (Wildman–Crippen MR) is 111 cm³/mol. The average molecular weight is 411 g/mol. The van der Waals surface area contributed by atoms with Gasteiger partial charge in [0.05, 0.1) is 0 Å². The molecule has 4 aliphatic carbocycles. The van der Waals surface area contributed by atoms with Crippen molar-refractivity contribution in [3.8, 4) is 0 Å². The van der Waals surface area contributed by atoms with Crippen LogP contribution in [0.3, 0.4) is 0 Å². The minimum Gasteiger partial charge on any atom is -0.509 e. The predicted octanol–water partition coefficient (Wildman–Crippen LogP) is 3.54. The van der Waals surface area contributed by atoms with E-state index in [1.54, 1.807) is 16.7 Å². The zero-order valence-electron chi connectivity index (χ0n) is 16.3. The van der Waals surface area contributed by atoms with Crippen molar-refractivity contribution in [2.24, 2.45) is 17.8 Å². The first-order valence-corrected chi connectivity index (χ1v) is 11.8. The summed E-state index contributed by atoms with van der Waals surface area (Å²) in [5.74, 6) is 2.03. The van der Waals surface area contributed by atoms with Gasteiger partial charge < -0.3 is 15.3 Å². The lowest BCUT2D eigenvalue weighted by Gasteiger charge is -2.56. The molecule has 2 aliphatic heterocycles. The number of carbonyl (C=O) groups excluding carboxylic acids is 2. The summed E-state index contributed by atoms with van der Waals surface area (Å²) < 4.78 is 0. The molecule has 2 atom stereocenters. The first-order chi connectivity index (χ1) is 14.0. The van der Waals surface area contributed by atoms with Crippen molar-refractivity contribution in [1.29, 1.82) is 0 Å². The van der Waals surface area contributed by atoms with E-state index < -0.39 is 6.04 Å². The van der Waals surface area contributed by atoms with Crippen LogP contribution < -0.4 is 5.32 Å². The number of thioether (sulfide) groups is 1. The summed E-state index contributed by atoms with van der Waals surface area (Å²) in [5.41, 5.74) is 0.843. The number of rotatable bonds is 3. The smallest absolute Gasteiger partial charge is 0.264 e. The Kier molecular flexibility index (Phi) is 3.87.